The lowest BCUT2D eigenvalue weighted by atomic mass is 10.0. The molecule has 4 aromatic rings. The van der Waals surface area contributed by atoms with E-state index in [9.17, 15) is 27.6 Å². The third-order valence-corrected chi connectivity index (χ3v) is 5.59. The van der Waals surface area contributed by atoms with Crippen LogP contribution in [0, 0.1) is 28.8 Å². The number of nitrogens with zero attached hydrogens (tertiary/aromatic N) is 3. The molecule has 0 aliphatic rings. The number of amides is 1. The number of aromatic amines is 1. The molecule has 36 heavy (non-hydrogen) atoms. The van der Waals surface area contributed by atoms with Crippen molar-refractivity contribution in [3.8, 4) is 6.07 Å². The van der Waals surface area contributed by atoms with E-state index in [0.717, 1.165) is 30.5 Å². The Morgan fingerprint density at radius 2 is 1.89 bits per heavy atom. The monoisotopic (exact) mass is 493 g/mol. The summed E-state index contributed by atoms with van der Waals surface area (Å²) in [4.78, 5) is 45.8. The normalized spacial score (nSPS) is 12.6. The van der Waals surface area contributed by atoms with Crippen molar-refractivity contribution >= 4 is 16.8 Å². The van der Waals surface area contributed by atoms with Gasteiger partial charge in [0.15, 0.2) is 0 Å². The number of aromatic nitrogens is 3. The fourth-order valence-corrected chi connectivity index (χ4v) is 3.88. The molecule has 0 saturated heterocycles. The molecule has 2 aromatic heterocycles. The van der Waals surface area contributed by atoms with Gasteiger partial charge in [0.1, 0.15) is 29.6 Å². The van der Waals surface area contributed by atoms with Crippen LogP contribution in [-0.2, 0) is 11.2 Å². The maximum absolute atomic E-state index is 14.4. The summed E-state index contributed by atoms with van der Waals surface area (Å²) in [6.45, 7) is 1.43. The first-order valence-electron chi connectivity index (χ1n) is 10.7. The van der Waals surface area contributed by atoms with Crippen LogP contribution in [-0.4, -0.2) is 20.4 Å². The minimum atomic E-state index is -1.50. The van der Waals surface area contributed by atoms with Crippen LogP contribution in [0.5, 0.6) is 0 Å². The quantitative estimate of drug-likeness (QED) is 0.428. The number of carbonyl (C=O) groups excluding carboxylic acids is 1. The molecule has 0 spiro atoms. The highest BCUT2D eigenvalue weighted by molar-refractivity contribution is 5.82. The molecule has 1 amide bonds. The van der Waals surface area contributed by atoms with Gasteiger partial charge in [0.25, 0.3) is 5.56 Å². The van der Waals surface area contributed by atoms with Crippen LogP contribution in [0.3, 0.4) is 0 Å². The van der Waals surface area contributed by atoms with Crippen LogP contribution in [0.25, 0.3) is 10.9 Å². The van der Waals surface area contributed by atoms with Gasteiger partial charge >= 0.3 is 5.69 Å². The number of H-pyrrole nitrogens is 1. The highest BCUT2D eigenvalue weighted by Crippen LogP contribution is 2.19. The van der Waals surface area contributed by atoms with Gasteiger partial charge in [0, 0.05) is 12.6 Å². The van der Waals surface area contributed by atoms with Crippen molar-refractivity contribution in [2.24, 2.45) is 0 Å². The Labute approximate surface area is 201 Å². The van der Waals surface area contributed by atoms with E-state index in [1.54, 1.807) is 6.07 Å². The number of hydrogen-bond donors (Lipinski definition) is 2. The largest absolute Gasteiger partial charge is 0.346 e. The first kappa shape index (κ1) is 24.4. The maximum Gasteiger partial charge on any atom is 0.329 e. The van der Waals surface area contributed by atoms with Crippen LogP contribution in [0.4, 0.5) is 13.2 Å². The highest BCUT2D eigenvalue weighted by Gasteiger charge is 2.28. The first-order valence-corrected chi connectivity index (χ1v) is 10.7. The van der Waals surface area contributed by atoms with Crippen molar-refractivity contribution < 1.29 is 18.0 Å². The zero-order valence-electron chi connectivity index (χ0n) is 18.8. The van der Waals surface area contributed by atoms with Crippen LogP contribution in [0.15, 0.2) is 64.3 Å². The van der Waals surface area contributed by atoms with Gasteiger partial charge in [-0.2, -0.15) is 5.26 Å². The molecule has 4 rings (SSSR count). The van der Waals surface area contributed by atoms with Gasteiger partial charge in [-0.1, -0.05) is 12.1 Å². The zero-order chi connectivity index (χ0) is 26.0. The fourth-order valence-electron chi connectivity index (χ4n) is 3.88. The van der Waals surface area contributed by atoms with Gasteiger partial charge in [0.05, 0.1) is 28.2 Å². The highest BCUT2D eigenvalue weighted by atomic mass is 19.1. The maximum atomic E-state index is 14.4. The smallest absolute Gasteiger partial charge is 0.329 e. The molecule has 0 radical (unpaired) electrons. The molecule has 2 heterocycles. The van der Waals surface area contributed by atoms with Crippen LogP contribution in [0.1, 0.15) is 35.8 Å². The van der Waals surface area contributed by atoms with Gasteiger partial charge in [-0.15, -0.1) is 0 Å². The lowest BCUT2D eigenvalue weighted by Gasteiger charge is -2.22. The number of rotatable bonds is 6. The van der Waals surface area contributed by atoms with Gasteiger partial charge < -0.3 is 10.3 Å². The van der Waals surface area contributed by atoms with E-state index in [1.165, 1.54) is 31.2 Å². The molecule has 2 atom stereocenters. The second kappa shape index (κ2) is 9.87. The van der Waals surface area contributed by atoms with E-state index in [1.807, 2.05) is 0 Å². The van der Waals surface area contributed by atoms with E-state index in [2.05, 4.69) is 15.3 Å². The SMILES string of the molecule is C[C@@H](NC(=O)[C@H](Cc1cccc(F)c1)n1c(=O)[nH]c2ccc(F)cc2c1=O)c1ncc(C#N)cc1F. The van der Waals surface area contributed by atoms with Gasteiger partial charge in [-0.25, -0.2) is 22.5 Å². The Bertz CT molecular complexity index is 1640. The van der Waals surface area contributed by atoms with E-state index in [-0.39, 0.29) is 28.6 Å². The topological polar surface area (TPSA) is 121 Å². The lowest BCUT2D eigenvalue weighted by molar-refractivity contribution is -0.125. The number of fused-ring (bicyclic) bond motifs is 1. The molecule has 2 N–H and O–H groups in total. The number of nitriles is 1. The molecular weight excluding hydrogens is 475 g/mol. The molecule has 0 bridgehead atoms. The van der Waals surface area contributed by atoms with E-state index in [4.69, 9.17) is 5.26 Å². The Hall–Kier alpha value is -4.72. The van der Waals surface area contributed by atoms with Crippen molar-refractivity contribution in [2.45, 2.75) is 25.4 Å². The van der Waals surface area contributed by atoms with Crippen LogP contribution in [0.2, 0.25) is 0 Å². The van der Waals surface area contributed by atoms with Gasteiger partial charge in [-0.3, -0.25) is 14.6 Å². The summed E-state index contributed by atoms with van der Waals surface area (Å²) in [7, 11) is 0. The van der Waals surface area contributed by atoms with Crippen LogP contribution >= 0.6 is 0 Å². The lowest BCUT2D eigenvalue weighted by Crippen LogP contribution is -2.46. The molecule has 0 aliphatic heterocycles. The van der Waals surface area contributed by atoms with Crippen molar-refractivity contribution in [3.63, 3.8) is 0 Å². The standard InChI is InChI=1S/C25H18F3N5O3/c1-13(22-19(28)8-15(11-29)12-30-22)31-23(34)21(9-14-3-2-4-16(26)7-14)33-24(35)18-10-17(27)5-6-20(18)32-25(33)36/h2-8,10,12-13,21H,9H2,1H3,(H,31,34)(H,32,36)/t13-,21+/m1/s1. The predicted octanol–water partition coefficient (Wildman–Crippen LogP) is 3.03. The van der Waals surface area contributed by atoms with Gasteiger partial charge in [-0.05, 0) is 48.9 Å². The summed E-state index contributed by atoms with van der Waals surface area (Å²) in [6.07, 6.45) is 0.863. The number of nitrogens with one attached hydrogen (secondary N) is 2. The number of pyridine rings is 1. The summed E-state index contributed by atoms with van der Waals surface area (Å²) < 4.78 is 42.7. The van der Waals surface area contributed by atoms with E-state index in [0.29, 0.717) is 10.1 Å². The number of carbonyl (C=O) groups is 1. The fraction of sp³-hybridized carbons (Fsp3) is 0.160. The Kier molecular flexibility index (Phi) is 6.69. The number of hydrogen-bond acceptors (Lipinski definition) is 5. The minimum Gasteiger partial charge on any atom is -0.346 e. The molecule has 0 unspecified atom stereocenters. The van der Waals surface area contributed by atoms with Crippen molar-refractivity contribution in [1.29, 1.82) is 5.26 Å². The van der Waals surface area contributed by atoms with E-state index < -0.39 is 46.7 Å². The average molecular weight is 493 g/mol. The molecule has 8 nitrogen and oxygen atoms in total. The number of halogens is 3. The van der Waals surface area contributed by atoms with E-state index >= 15 is 0 Å². The minimum absolute atomic E-state index is 0.0137. The predicted molar refractivity (Wildman–Crippen MR) is 123 cm³/mol. The third-order valence-electron chi connectivity index (χ3n) is 5.59. The zero-order valence-corrected chi connectivity index (χ0v) is 18.8. The average Bonchev–Trinajstić information content (AvgIpc) is 2.83. The Balaban J connectivity index is 1.78. The van der Waals surface area contributed by atoms with Gasteiger partial charge in [0.2, 0.25) is 5.91 Å². The first-order chi connectivity index (χ1) is 17.2. The number of benzene rings is 2. The summed E-state index contributed by atoms with van der Waals surface area (Å²) in [5.74, 6) is -3.01. The molecule has 2 aromatic carbocycles. The third kappa shape index (κ3) is 4.88. The molecule has 182 valence electrons. The second-order valence-electron chi connectivity index (χ2n) is 8.08. The van der Waals surface area contributed by atoms with Crippen molar-refractivity contribution in [1.82, 2.24) is 19.9 Å². The molecule has 11 heteroatoms. The van der Waals surface area contributed by atoms with Crippen LogP contribution < -0.4 is 16.6 Å². The Morgan fingerprint density at radius 1 is 1.14 bits per heavy atom. The van der Waals surface area contributed by atoms with Crippen molar-refractivity contribution in [2.75, 3.05) is 0 Å². The molecule has 0 aliphatic carbocycles. The molecule has 0 fully saturated rings. The Morgan fingerprint density at radius 3 is 2.58 bits per heavy atom. The van der Waals surface area contributed by atoms with Crippen molar-refractivity contribution in [3.05, 3.63) is 110 Å². The molecule has 0 saturated carbocycles. The second-order valence-corrected chi connectivity index (χ2v) is 8.08. The summed E-state index contributed by atoms with van der Waals surface area (Å²) in [5, 5.41) is 11.2. The summed E-state index contributed by atoms with van der Waals surface area (Å²) in [5.41, 5.74) is -1.68. The summed E-state index contributed by atoms with van der Waals surface area (Å²) >= 11 is 0. The summed E-state index contributed by atoms with van der Waals surface area (Å²) in [6, 6.07) is 8.67. The molecular formula is C25H18F3N5O3.